The first-order chi connectivity index (χ1) is 9.86. The number of rotatable bonds is 9. The molecule has 1 saturated heterocycles. The van der Waals surface area contributed by atoms with Gasteiger partial charge in [0.1, 0.15) is 0 Å². The lowest BCUT2D eigenvalue weighted by Gasteiger charge is -2.36. The summed E-state index contributed by atoms with van der Waals surface area (Å²) in [6, 6.07) is 0. The van der Waals surface area contributed by atoms with E-state index in [1.165, 1.54) is 0 Å². The van der Waals surface area contributed by atoms with Gasteiger partial charge in [-0.1, -0.05) is 0 Å². The maximum absolute atomic E-state index is 9.52. The van der Waals surface area contributed by atoms with Crippen LogP contribution >= 0.6 is 0 Å². The van der Waals surface area contributed by atoms with Crippen LogP contribution in [0.2, 0.25) is 0 Å². The molecule has 21 heavy (non-hydrogen) atoms. The highest BCUT2D eigenvalue weighted by atomic mass is 16.3. The van der Waals surface area contributed by atoms with Crippen LogP contribution in [-0.4, -0.2) is 107 Å². The van der Waals surface area contributed by atoms with Crippen molar-refractivity contribution in [1.29, 1.82) is 0 Å². The minimum atomic E-state index is -0.369. The van der Waals surface area contributed by atoms with Gasteiger partial charge in [0.25, 0.3) is 0 Å². The average Bonchev–Trinajstić information content (AvgIpc) is 2.35. The molecule has 3 N–H and O–H groups in total. The number of nitrogens with zero attached hydrogens (tertiary/aromatic N) is 3. The molecule has 0 aliphatic carbocycles. The fourth-order valence-electron chi connectivity index (χ4n) is 2.86. The fourth-order valence-corrected chi connectivity index (χ4v) is 2.86. The van der Waals surface area contributed by atoms with Gasteiger partial charge in [0, 0.05) is 58.9 Å². The molecule has 0 bridgehead atoms. The Morgan fingerprint density at radius 1 is 0.810 bits per heavy atom. The molecule has 0 aromatic carbocycles. The third kappa shape index (κ3) is 8.70. The number of aliphatic hydroxyl groups is 3. The molecule has 0 aromatic rings. The molecule has 126 valence electrons. The van der Waals surface area contributed by atoms with Gasteiger partial charge in [0.2, 0.25) is 0 Å². The molecule has 1 heterocycles. The van der Waals surface area contributed by atoms with Crippen LogP contribution in [0.3, 0.4) is 0 Å². The number of hydrogen-bond donors (Lipinski definition) is 3. The van der Waals surface area contributed by atoms with E-state index in [2.05, 4.69) is 14.7 Å². The van der Waals surface area contributed by atoms with E-state index in [9.17, 15) is 15.3 Å². The molecule has 0 radical (unpaired) electrons. The molecule has 3 atom stereocenters. The van der Waals surface area contributed by atoms with Crippen LogP contribution in [0.1, 0.15) is 20.8 Å². The lowest BCUT2D eigenvalue weighted by atomic mass is 10.2. The SMILES string of the molecule is C[C@H](O)CN(CCN1CCN(C[C@@H](C)O)CC1)C[C@H](C)O. The van der Waals surface area contributed by atoms with Crippen LogP contribution in [0.5, 0.6) is 0 Å². The summed E-state index contributed by atoms with van der Waals surface area (Å²) < 4.78 is 0. The van der Waals surface area contributed by atoms with Crippen LogP contribution < -0.4 is 0 Å². The zero-order chi connectivity index (χ0) is 15.8. The van der Waals surface area contributed by atoms with E-state index in [0.29, 0.717) is 13.1 Å². The first kappa shape index (κ1) is 18.8. The maximum Gasteiger partial charge on any atom is 0.0639 e. The van der Waals surface area contributed by atoms with Gasteiger partial charge < -0.3 is 15.3 Å². The minimum Gasteiger partial charge on any atom is -0.392 e. The molecule has 1 aliphatic rings. The molecule has 0 unspecified atom stereocenters. The summed E-state index contributed by atoms with van der Waals surface area (Å²) in [7, 11) is 0. The van der Waals surface area contributed by atoms with Crippen molar-refractivity contribution in [3.63, 3.8) is 0 Å². The third-order valence-corrected chi connectivity index (χ3v) is 3.76. The number of β-amino-alcohol motifs (C(OH)–C–C–N with tert-alkyl or cyclic N) is 1. The second-order valence-corrected chi connectivity index (χ2v) is 6.45. The van der Waals surface area contributed by atoms with Crippen molar-refractivity contribution < 1.29 is 15.3 Å². The van der Waals surface area contributed by atoms with Crippen LogP contribution in [0.4, 0.5) is 0 Å². The number of piperazine rings is 1. The van der Waals surface area contributed by atoms with Crippen LogP contribution in [0, 0.1) is 0 Å². The molecule has 0 spiro atoms. The molecule has 1 rings (SSSR count). The second-order valence-electron chi connectivity index (χ2n) is 6.45. The molecule has 0 saturated carbocycles. The lowest BCUT2D eigenvalue weighted by Crippen LogP contribution is -2.50. The van der Waals surface area contributed by atoms with Crippen molar-refractivity contribution in [3.8, 4) is 0 Å². The van der Waals surface area contributed by atoms with Crippen LogP contribution in [-0.2, 0) is 0 Å². The monoisotopic (exact) mass is 303 g/mol. The van der Waals surface area contributed by atoms with E-state index in [4.69, 9.17) is 0 Å². The standard InChI is InChI=1S/C15H33N3O3/c1-13(19)10-17-7-4-16(5-8-17)6-9-18(11-14(2)20)12-15(3)21/h13-15,19-21H,4-12H2,1-3H3/t13-,14+,15+/m1/s1. The van der Waals surface area contributed by atoms with Crippen molar-refractivity contribution in [2.24, 2.45) is 0 Å². The Morgan fingerprint density at radius 3 is 1.71 bits per heavy atom. The quantitative estimate of drug-likeness (QED) is 0.510. The Balaban J connectivity index is 2.26. The highest BCUT2D eigenvalue weighted by Crippen LogP contribution is 2.04. The second kappa shape index (κ2) is 9.71. The first-order valence-electron chi connectivity index (χ1n) is 8.08. The third-order valence-electron chi connectivity index (χ3n) is 3.76. The highest BCUT2D eigenvalue weighted by molar-refractivity contribution is 4.75. The summed E-state index contributed by atoms with van der Waals surface area (Å²) in [4.78, 5) is 6.83. The van der Waals surface area contributed by atoms with Crippen LogP contribution in [0.25, 0.3) is 0 Å². The Labute approximate surface area is 129 Å². The van der Waals surface area contributed by atoms with E-state index in [-0.39, 0.29) is 18.3 Å². The maximum atomic E-state index is 9.52. The smallest absolute Gasteiger partial charge is 0.0639 e. The lowest BCUT2D eigenvalue weighted by molar-refractivity contribution is 0.0579. The van der Waals surface area contributed by atoms with E-state index in [1.807, 2.05) is 6.92 Å². The minimum absolute atomic E-state index is 0.260. The summed E-state index contributed by atoms with van der Waals surface area (Å²) in [5, 5.41) is 28.5. The molecule has 0 amide bonds. The largest absolute Gasteiger partial charge is 0.392 e. The Morgan fingerprint density at radius 2 is 1.29 bits per heavy atom. The zero-order valence-corrected chi connectivity index (χ0v) is 13.8. The van der Waals surface area contributed by atoms with Gasteiger partial charge in [0.15, 0.2) is 0 Å². The summed E-state index contributed by atoms with van der Waals surface area (Å²) in [6.07, 6.45) is -0.998. The topological polar surface area (TPSA) is 70.4 Å². The van der Waals surface area contributed by atoms with Gasteiger partial charge >= 0.3 is 0 Å². The van der Waals surface area contributed by atoms with Crippen molar-refractivity contribution >= 4 is 0 Å². The summed E-state index contributed by atoms with van der Waals surface area (Å²) in [5.41, 5.74) is 0. The Bertz CT molecular complexity index is 257. The van der Waals surface area contributed by atoms with E-state index >= 15 is 0 Å². The van der Waals surface area contributed by atoms with E-state index in [1.54, 1.807) is 13.8 Å². The van der Waals surface area contributed by atoms with Gasteiger partial charge in [-0.2, -0.15) is 0 Å². The van der Waals surface area contributed by atoms with Gasteiger partial charge in [0.05, 0.1) is 18.3 Å². The van der Waals surface area contributed by atoms with Crippen molar-refractivity contribution in [2.75, 3.05) is 58.9 Å². The van der Waals surface area contributed by atoms with Gasteiger partial charge in [-0.25, -0.2) is 0 Å². The van der Waals surface area contributed by atoms with Crippen LogP contribution in [0.15, 0.2) is 0 Å². The predicted octanol–water partition coefficient (Wildman–Crippen LogP) is -0.952. The number of hydrogen-bond acceptors (Lipinski definition) is 6. The molecule has 0 aromatic heterocycles. The molecule has 6 heteroatoms. The van der Waals surface area contributed by atoms with Gasteiger partial charge in [-0.15, -0.1) is 0 Å². The van der Waals surface area contributed by atoms with Crippen molar-refractivity contribution in [2.45, 2.75) is 39.1 Å². The van der Waals surface area contributed by atoms with E-state index in [0.717, 1.165) is 45.8 Å². The molecule has 1 aliphatic heterocycles. The highest BCUT2D eigenvalue weighted by Gasteiger charge is 2.19. The van der Waals surface area contributed by atoms with Crippen molar-refractivity contribution in [1.82, 2.24) is 14.7 Å². The van der Waals surface area contributed by atoms with Crippen molar-refractivity contribution in [3.05, 3.63) is 0 Å². The van der Waals surface area contributed by atoms with E-state index < -0.39 is 0 Å². The molecular formula is C15H33N3O3. The Hall–Kier alpha value is -0.240. The fraction of sp³-hybridized carbons (Fsp3) is 1.00. The zero-order valence-electron chi connectivity index (χ0n) is 13.8. The molecule has 6 nitrogen and oxygen atoms in total. The number of aliphatic hydroxyl groups excluding tert-OH is 3. The molecule has 1 fully saturated rings. The first-order valence-corrected chi connectivity index (χ1v) is 8.08. The summed E-state index contributed by atoms with van der Waals surface area (Å²) in [5.74, 6) is 0. The predicted molar refractivity (Wildman–Crippen MR) is 84.4 cm³/mol. The normalized spacial score (nSPS) is 22.4. The summed E-state index contributed by atoms with van der Waals surface area (Å²) >= 11 is 0. The van der Waals surface area contributed by atoms with Gasteiger partial charge in [-0.3, -0.25) is 14.7 Å². The molecular weight excluding hydrogens is 270 g/mol. The Kier molecular flexibility index (Phi) is 8.70. The summed E-state index contributed by atoms with van der Waals surface area (Å²) in [6.45, 7) is 13.2. The van der Waals surface area contributed by atoms with Gasteiger partial charge in [-0.05, 0) is 20.8 Å². The average molecular weight is 303 g/mol.